The Morgan fingerprint density at radius 3 is 2.39 bits per heavy atom. The van der Waals surface area contributed by atoms with Gasteiger partial charge in [0.05, 0.1) is 5.92 Å². The van der Waals surface area contributed by atoms with Crippen LogP contribution in [0.4, 0.5) is 4.39 Å². The number of rotatable bonds is 9. The van der Waals surface area contributed by atoms with E-state index in [0.29, 0.717) is 29.6 Å². The minimum atomic E-state index is -0.310. The first-order valence-electron chi connectivity index (χ1n) is 13.3. The van der Waals surface area contributed by atoms with Crippen LogP contribution in [0.15, 0.2) is 84.9 Å². The Morgan fingerprint density at radius 2 is 1.72 bits per heavy atom. The van der Waals surface area contributed by atoms with E-state index in [2.05, 4.69) is 61.5 Å². The molecule has 3 heteroatoms. The Hall–Kier alpha value is -3.20. The van der Waals surface area contributed by atoms with Crippen molar-refractivity contribution in [2.75, 3.05) is 0 Å². The van der Waals surface area contributed by atoms with Crippen LogP contribution >= 0.6 is 0 Å². The van der Waals surface area contributed by atoms with Crippen molar-refractivity contribution < 1.29 is 13.9 Å². The average Bonchev–Trinajstić information content (AvgIpc) is 2.91. The molecule has 2 nitrogen and oxygen atoms in total. The van der Waals surface area contributed by atoms with Gasteiger partial charge in [0.1, 0.15) is 11.6 Å². The standard InChI is InChI=1S/C33H37FO2/c1-3-4-6-11-29-20-21-31(23-32(29)34)36-33(35)30-18-16-28(17-19-30)27-14-12-25(13-15-27)22-24(2)26-9-7-5-8-10-26/h3-5,7-10,12-15,20-21,23-24,28,30H,6,11,16-19,22H2,1-2H3/t24-,28?,30?/m1/s1. The molecule has 1 fully saturated rings. The van der Waals surface area contributed by atoms with Crippen LogP contribution in [0.25, 0.3) is 0 Å². The fourth-order valence-corrected chi connectivity index (χ4v) is 5.24. The minimum absolute atomic E-state index is 0.121. The molecule has 1 aliphatic rings. The molecular formula is C33H37FO2. The van der Waals surface area contributed by atoms with Gasteiger partial charge in [0.25, 0.3) is 0 Å². The Labute approximate surface area is 215 Å². The fraction of sp³-hybridized carbons (Fsp3) is 0.364. The van der Waals surface area contributed by atoms with E-state index in [1.54, 1.807) is 12.1 Å². The zero-order chi connectivity index (χ0) is 25.3. The summed E-state index contributed by atoms with van der Waals surface area (Å²) in [6.07, 6.45) is 10.00. The number of aryl methyl sites for hydroxylation is 1. The number of benzene rings is 3. The summed E-state index contributed by atoms with van der Waals surface area (Å²) in [7, 11) is 0. The first-order valence-corrected chi connectivity index (χ1v) is 13.3. The van der Waals surface area contributed by atoms with Crippen molar-refractivity contribution in [3.8, 4) is 5.75 Å². The van der Waals surface area contributed by atoms with Gasteiger partial charge < -0.3 is 4.74 Å². The van der Waals surface area contributed by atoms with Crippen LogP contribution in [0.1, 0.15) is 80.0 Å². The van der Waals surface area contributed by atoms with Gasteiger partial charge in [-0.05, 0) is 92.0 Å². The second kappa shape index (κ2) is 12.7. The van der Waals surface area contributed by atoms with E-state index in [1.807, 2.05) is 19.1 Å². The van der Waals surface area contributed by atoms with Gasteiger partial charge in [-0.3, -0.25) is 4.79 Å². The number of esters is 1. The highest BCUT2D eigenvalue weighted by atomic mass is 19.1. The number of allylic oxidation sites excluding steroid dienone is 2. The van der Waals surface area contributed by atoms with Crippen LogP contribution in [-0.2, 0) is 17.6 Å². The van der Waals surface area contributed by atoms with Gasteiger partial charge in [0, 0.05) is 6.07 Å². The van der Waals surface area contributed by atoms with Gasteiger partial charge >= 0.3 is 5.97 Å². The third-order valence-corrected chi connectivity index (χ3v) is 7.48. The second-order valence-electron chi connectivity index (χ2n) is 10.1. The number of ether oxygens (including phenoxy) is 1. The van der Waals surface area contributed by atoms with Crippen LogP contribution in [0.3, 0.4) is 0 Å². The maximum Gasteiger partial charge on any atom is 0.314 e. The van der Waals surface area contributed by atoms with Gasteiger partial charge in [0.15, 0.2) is 0 Å². The molecular weight excluding hydrogens is 447 g/mol. The Balaban J connectivity index is 1.26. The molecule has 188 valence electrons. The van der Waals surface area contributed by atoms with Gasteiger partial charge in [-0.15, -0.1) is 0 Å². The molecule has 0 amide bonds. The summed E-state index contributed by atoms with van der Waals surface area (Å²) in [5.74, 6) is 0.597. The fourth-order valence-electron chi connectivity index (χ4n) is 5.24. The number of halogens is 1. The molecule has 0 bridgehead atoms. The van der Waals surface area contributed by atoms with Crippen molar-refractivity contribution >= 4 is 5.97 Å². The Bertz CT molecular complexity index is 1140. The predicted molar refractivity (Wildman–Crippen MR) is 145 cm³/mol. The molecule has 3 aromatic rings. The SMILES string of the molecule is CC=CCCc1ccc(OC(=O)C2CCC(c3ccc(C[C@@H](C)c4ccccc4)cc3)CC2)cc1F. The monoisotopic (exact) mass is 484 g/mol. The highest BCUT2D eigenvalue weighted by Crippen LogP contribution is 2.37. The average molecular weight is 485 g/mol. The molecule has 36 heavy (non-hydrogen) atoms. The van der Waals surface area contributed by atoms with Crippen molar-refractivity contribution in [1.82, 2.24) is 0 Å². The highest BCUT2D eigenvalue weighted by Gasteiger charge is 2.28. The van der Waals surface area contributed by atoms with Crippen LogP contribution in [-0.4, -0.2) is 5.97 Å². The smallest absolute Gasteiger partial charge is 0.314 e. The molecule has 1 atom stereocenters. The molecule has 0 unspecified atom stereocenters. The molecule has 1 aliphatic carbocycles. The molecule has 0 N–H and O–H groups in total. The van der Waals surface area contributed by atoms with E-state index in [0.717, 1.165) is 38.5 Å². The third-order valence-electron chi connectivity index (χ3n) is 7.48. The van der Waals surface area contributed by atoms with Crippen molar-refractivity contribution in [3.05, 3.63) is 113 Å². The summed E-state index contributed by atoms with van der Waals surface area (Å²) in [6, 6.07) is 24.5. The normalized spacial score (nSPS) is 18.8. The van der Waals surface area contributed by atoms with E-state index in [9.17, 15) is 9.18 Å². The second-order valence-corrected chi connectivity index (χ2v) is 10.1. The highest BCUT2D eigenvalue weighted by molar-refractivity contribution is 5.75. The van der Waals surface area contributed by atoms with E-state index < -0.39 is 0 Å². The lowest BCUT2D eigenvalue weighted by Gasteiger charge is -2.27. The third kappa shape index (κ3) is 6.94. The molecule has 3 aromatic carbocycles. The first kappa shape index (κ1) is 25.9. The summed E-state index contributed by atoms with van der Waals surface area (Å²) < 4.78 is 19.9. The van der Waals surface area contributed by atoms with Crippen LogP contribution in [0.5, 0.6) is 5.75 Å². The summed E-state index contributed by atoms with van der Waals surface area (Å²) in [5.41, 5.74) is 4.73. The van der Waals surface area contributed by atoms with Crippen molar-refractivity contribution in [1.29, 1.82) is 0 Å². The molecule has 0 spiro atoms. The van der Waals surface area contributed by atoms with Crippen molar-refractivity contribution in [2.24, 2.45) is 5.92 Å². The molecule has 0 saturated heterocycles. The summed E-state index contributed by atoms with van der Waals surface area (Å²) in [4.78, 5) is 12.7. The van der Waals surface area contributed by atoms with Crippen LogP contribution in [0.2, 0.25) is 0 Å². The van der Waals surface area contributed by atoms with Gasteiger partial charge in [-0.1, -0.05) is 79.7 Å². The molecule has 1 saturated carbocycles. The number of carbonyl (C=O) groups is 1. The van der Waals surface area contributed by atoms with Crippen LogP contribution < -0.4 is 4.74 Å². The summed E-state index contributed by atoms with van der Waals surface area (Å²) in [5, 5.41) is 0. The van der Waals surface area contributed by atoms with Gasteiger partial charge in [-0.2, -0.15) is 0 Å². The molecule has 0 aromatic heterocycles. The number of hydrogen-bond acceptors (Lipinski definition) is 2. The predicted octanol–water partition coefficient (Wildman–Crippen LogP) is 8.56. The lowest BCUT2D eigenvalue weighted by Crippen LogP contribution is -2.25. The molecule has 0 aliphatic heterocycles. The Kier molecular flexibility index (Phi) is 9.11. The van der Waals surface area contributed by atoms with E-state index in [4.69, 9.17) is 4.74 Å². The molecule has 4 rings (SSSR count). The van der Waals surface area contributed by atoms with E-state index in [1.165, 1.54) is 22.8 Å². The molecule has 0 heterocycles. The van der Waals surface area contributed by atoms with Crippen molar-refractivity contribution in [3.63, 3.8) is 0 Å². The van der Waals surface area contributed by atoms with Gasteiger partial charge in [-0.25, -0.2) is 4.39 Å². The number of carbonyl (C=O) groups excluding carboxylic acids is 1. The quantitative estimate of drug-likeness (QED) is 0.173. The first-order chi connectivity index (χ1) is 17.5. The zero-order valence-electron chi connectivity index (χ0n) is 21.5. The topological polar surface area (TPSA) is 26.3 Å². The largest absolute Gasteiger partial charge is 0.426 e. The maximum absolute atomic E-state index is 14.4. The van der Waals surface area contributed by atoms with Gasteiger partial charge in [0.2, 0.25) is 0 Å². The van der Waals surface area contributed by atoms with Crippen LogP contribution in [0, 0.1) is 11.7 Å². The summed E-state index contributed by atoms with van der Waals surface area (Å²) >= 11 is 0. The minimum Gasteiger partial charge on any atom is -0.426 e. The lowest BCUT2D eigenvalue weighted by molar-refractivity contribution is -0.140. The summed E-state index contributed by atoms with van der Waals surface area (Å²) in [6.45, 7) is 4.23. The Morgan fingerprint density at radius 1 is 1.00 bits per heavy atom. The van der Waals surface area contributed by atoms with Crippen molar-refractivity contribution in [2.45, 2.75) is 70.6 Å². The maximum atomic E-state index is 14.4. The zero-order valence-corrected chi connectivity index (χ0v) is 21.5. The lowest BCUT2D eigenvalue weighted by atomic mass is 9.78. The molecule has 0 radical (unpaired) electrons. The number of hydrogen-bond donors (Lipinski definition) is 0. The van der Waals surface area contributed by atoms with E-state index >= 15 is 0 Å². The van der Waals surface area contributed by atoms with E-state index in [-0.39, 0.29) is 17.7 Å².